The zero-order chi connectivity index (χ0) is 12.3. The average Bonchev–Trinajstić information content (AvgIpc) is 2.73. The van der Waals surface area contributed by atoms with E-state index >= 15 is 0 Å². The maximum absolute atomic E-state index is 13.3. The van der Waals surface area contributed by atoms with E-state index in [2.05, 4.69) is 15.5 Å². The maximum atomic E-state index is 13.3. The van der Waals surface area contributed by atoms with Crippen molar-refractivity contribution in [2.24, 2.45) is 5.73 Å². The van der Waals surface area contributed by atoms with E-state index in [4.69, 9.17) is 10.2 Å². The van der Waals surface area contributed by atoms with E-state index in [1.165, 1.54) is 6.07 Å². The van der Waals surface area contributed by atoms with Gasteiger partial charge in [-0.05, 0) is 34.7 Å². The number of nitrogens with zero attached hydrogens (tertiary/aromatic N) is 2. The van der Waals surface area contributed by atoms with Gasteiger partial charge in [0.15, 0.2) is 0 Å². The van der Waals surface area contributed by atoms with E-state index in [-0.39, 0.29) is 11.8 Å². The van der Waals surface area contributed by atoms with Gasteiger partial charge in [-0.15, -0.1) is 5.10 Å². The van der Waals surface area contributed by atoms with Crippen molar-refractivity contribution in [1.82, 2.24) is 10.2 Å². The molecule has 0 aliphatic rings. The number of aromatic nitrogens is 2. The van der Waals surface area contributed by atoms with Crippen molar-refractivity contribution >= 4 is 34.3 Å². The minimum absolute atomic E-state index is 0.233. The standard InChI is InChI=1S/C10H10FIN4O/c11-6-2-1-3-7(9(6)12)14-10-16-15-8(17-10)4-5-13/h1-3H,4-5,13H2,(H,14,16). The van der Waals surface area contributed by atoms with Crippen molar-refractivity contribution in [3.05, 3.63) is 33.5 Å². The molecule has 0 atom stereocenters. The lowest BCUT2D eigenvalue weighted by molar-refractivity contribution is 0.509. The molecule has 0 spiro atoms. The fourth-order valence-electron chi connectivity index (χ4n) is 1.24. The predicted octanol–water partition coefficient (Wildman–Crippen LogP) is 2.06. The highest BCUT2D eigenvalue weighted by Gasteiger charge is 2.09. The van der Waals surface area contributed by atoms with Gasteiger partial charge in [0.1, 0.15) is 5.82 Å². The molecule has 2 aromatic rings. The van der Waals surface area contributed by atoms with Crippen LogP contribution >= 0.6 is 22.6 Å². The molecule has 3 N–H and O–H groups in total. The molecule has 1 heterocycles. The Morgan fingerprint density at radius 1 is 1.41 bits per heavy atom. The van der Waals surface area contributed by atoms with Crippen LogP contribution in [0.3, 0.4) is 0 Å². The fraction of sp³-hybridized carbons (Fsp3) is 0.200. The smallest absolute Gasteiger partial charge is 0.320 e. The molecule has 2 rings (SSSR count). The third kappa shape index (κ3) is 2.91. The molecule has 0 saturated heterocycles. The predicted molar refractivity (Wildman–Crippen MR) is 69.5 cm³/mol. The monoisotopic (exact) mass is 348 g/mol. The molecule has 0 fully saturated rings. The van der Waals surface area contributed by atoms with Gasteiger partial charge in [0.2, 0.25) is 5.89 Å². The van der Waals surface area contributed by atoms with Gasteiger partial charge in [-0.1, -0.05) is 11.2 Å². The number of nitrogens with two attached hydrogens (primary N) is 1. The van der Waals surface area contributed by atoms with Gasteiger partial charge >= 0.3 is 6.01 Å². The summed E-state index contributed by atoms with van der Waals surface area (Å²) in [6.07, 6.45) is 0.523. The second kappa shape index (κ2) is 5.41. The number of anilines is 2. The fourth-order valence-corrected chi connectivity index (χ4v) is 1.74. The van der Waals surface area contributed by atoms with Crippen molar-refractivity contribution in [1.29, 1.82) is 0 Å². The summed E-state index contributed by atoms with van der Waals surface area (Å²) >= 11 is 1.91. The summed E-state index contributed by atoms with van der Waals surface area (Å²) in [6.45, 7) is 0.444. The van der Waals surface area contributed by atoms with E-state index in [1.54, 1.807) is 12.1 Å². The number of halogens is 2. The number of nitrogens with one attached hydrogen (secondary N) is 1. The average molecular weight is 348 g/mol. The van der Waals surface area contributed by atoms with Gasteiger partial charge < -0.3 is 15.5 Å². The first-order chi connectivity index (χ1) is 8.20. The first-order valence-corrected chi connectivity index (χ1v) is 6.02. The second-order valence-electron chi connectivity index (χ2n) is 3.27. The van der Waals surface area contributed by atoms with Gasteiger partial charge in [0, 0.05) is 13.0 Å². The van der Waals surface area contributed by atoms with Crippen LogP contribution in [0.15, 0.2) is 22.6 Å². The van der Waals surface area contributed by atoms with Gasteiger partial charge in [-0.2, -0.15) is 0 Å². The van der Waals surface area contributed by atoms with Crippen LogP contribution in [0.5, 0.6) is 0 Å². The van der Waals surface area contributed by atoms with Gasteiger partial charge in [-0.25, -0.2) is 4.39 Å². The molecule has 0 radical (unpaired) electrons. The molecule has 90 valence electrons. The molecule has 0 unspecified atom stereocenters. The van der Waals surface area contributed by atoms with Crippen molar-refractivity contribution < 1.29 is 8.81 Å². The first-order valence-electron chi connectivity index (χ1n) is 4.94. The normalized spacial score (nSPS) is 10.5. The van der Waals surface area contributed by atoms with Gasteiger partial charge in [0.05, 0.1) is 9.26 Å². The zero-order valence-electron chi connectivity index (χ0n) is 8.78. The Balaban J connectivity index is 2.16. The Morgan fingerprint density at radius 2 is 2.24 bits per heavy atom. The summed E-state index contributed by atoms with van der Waals surface area (Å²) in [4.78, 5) is 0. The Bertz CT molecular complexity index is 517. The molecule has 0 bridgehead atoms. The molecule has 17 heavy (non-hydrogen) atoms. The van der Waals surface area contributed by atoms with Gasteiger partial charge in [0.25, 0.3) is 0 Å². The lowest BCUT2D eigenvalue weighted by Gasteiger charge is -2.04. The minimum Gasteiger partial charge on any atom is -0.408 e. The number of rotatable bonds is 4. The Labute approximate surface area is 111 Å². The maximum Gasteiger partial charge on any atom is 0.320 e. The zero-order valence-corrected chi connectivity index (χ0v) is 10.9. The van der Waals surface area contributed by atoms with Crippen LogP contribution in [-0.4, -0.2) is 16.7 Å². The summed E-state index contributed by atoms with van der Waals surface area (Å²) in [7, 11) is 0. The molecule has 0 aliphatic heterocycles. The van der Waals surface area contributed by atoms with E-state index < -0.39 is 0 Å². The molecule has 0 saturated carbocycles. The summed E-state index contributed by atoms with van der Waals surface area (Å²) < 4.78 is 19.0. The minimum atomic E-state index is -0.294. The molecule has 7 heteroatoms. The SMILES string of the molecule is NCCc1nnc(Nc2cccc(F)c2I)o1. The van der Waals surface area contributed by atoms with Gasteiger partial charge in [-0.3, -0.25) is 0 Å². The number of benzene rings is 1. The Kier molecular flexibility index (Phi) is 3.89. The number of hydrogen-bond donors (Lipinski definition) is 2. The van der Waals surface area contributed by atoms with Crippen LogP contribution in [-0.2, 0) is 6.42 Å². The summed E-state index contributed by atoms with van der Waals surface area (Å²) in [6, 6.07) is 4.96. The van der Waals surface area contributed by atoms with Crippen LogP contribution in [0, 0.1) is 9.39 Å². The summed E-state index contributed by atoms with van der Waals surface area (Å²) in [5.41, 5.74) is 5.96. The molecule has 5 nitrogen and oxygen atoms in total. The largest absolute Gasteiger partial charge is 0.408 e. The van der Waals surface area contributed by atoms with Crippen LogP contribution in [0.2, 0.25) is 0 Å². The van der Waals surface area contributed by atoms with Crippen LogP contribution < -0.4 is 11.1 Å². The van der Waals surface area contributed by atoms with Crippen molar-refractivity contribution in [3.8, 4) is 0 Å². The second-order valence-corrected chi connectivity index (χ2v) is 4.34. The van der Waals surface area contributed by atoms with Crippen LogP contribution in [0.1, 0.15) is 5.89 Å². The van der Waals surface area contributed by atoms with Crippen LogP contribution in [0.25, 0.3) is 0 Å². The number of hydrogen-bond acceptors (Lipinski definition) is 5. The molecular weight excluding hydrogens is 338 g/mol. The summed E-state index contributed by atoms with van der Waals surface area (Å²) in [5.74, 6) is 0.165. The molecule has 0 aliphatic carbocycles. The highest BCUT2D eigenvalue weighted by atomic mass is 127. The van der Waals surface area contributed by atoms with E-state index in [0.29, 0.717) is 28.1 Å². The molecule has 0 amide bonds. The lowest BCUT2D eigenvalue weighted by Crippen LogP contribution is -2.02. The first kappa shape index (κ1) is 12.2. The third-order valence-corrected chi connectivity index (χ3v) is 3.11. The lowest BCUT2D eigenvalue weighted by atomic mass is 10.3. The Morgan fingerprint density at radius 3 is 3.00 bits per heavy atom. The quantitative estimate of drug-likeness (QED) is 0.828. The third-order valence-electron chi connectivity index (χ3n) is 2.02. The topological polar surface area (TPSA) is 77.0 Å². The molecular formula is C10H10FIN4O. The molecule has 1 aromatic carbocycles. The highest BCUT2D eigenvalue weighted by Crippen LogP contribution is 2.23. The highest BCUT2D eigenvalue weighted by molar-refractivity contribution is 14.1. The Hall–Kier alpha value is -1.22. The van der Waals surface area contributed by atoms with Crippen molar-refractivity contribution in [2.45, 2.75) is 6.42 Å². The summed E-state index contributed by atoms with van der Waals surface area (Å²) in [5, 5.41) is 10.5. The van der Waals surface area contributed by atoms with Crippen molar-refractivity contribution in [3.63, 3.8) is 0 Å². The van der Waals surface area contributed by atoms with Crippen LogP contribution in [0.4, 0.5) is 16.1 Å². The van der Waals surface area contributed by atoms with E-state index in [1.807, 2.05) is 22.6 Å². The van der Waals surface area contributed by atoms with E-state index in [0.717, 1.165) is 0 Å². The molecule has 1 aromatic heterocycles. The van der Waals surface area contributed by atoms with Crippen molar-refractivity contribution in [2.75, 3.05) is 11.9 Å². The van der Waals surface area contributed by atoms with E-state index in [9.17, 15) is 4.39 Å².